The minimum absolute atomic E-state index is 1.54. The number of primary amides is 1. The number of carboxylic acid groups (broad SMARTS) is 4. The van der Waals surface area contributed by atoms with Crippen LogP contribution in [0.15, 0.2) is 0 Å². The van der Waals surface area contributed by atoms with E-state index in [9.17, 15) is 24.0 Å². The number of amides is 1. The predicted molar refractivity (Wildman–Crippen MR) is 53.7 cm³/mol. The number of carbonyl (C=O) groups excluding carboxylic acids is 1. The van der Waals surface area contributed by atoms with Crippen LogP contribution in [-0.2, 0) is 24.0 Å². The van der Waals surface area contributed by atoms with Gasteiger partial charge in [-0.15, -0.1) is 0 Å². The number of hydrogen-bond acceptors (Lipinski definition) is 6. The molecule has 0 unspecified atom stereocenters. The lowest BCUT2D eigenvalue weighted by Gasteiger charge is -2.34. The Balaban J connectivity index is 6.46. The molecular formula is C8H10N2O9. The van der Waals surface area contributed by atoms with E-state index in [-0.39, 0.29) is 0 Å². The summed E-state index contributed by atoms with van der Waals surface area (Å²) >= 11 is 0. The highest BCUT2D eigenvalue weighted by molar-refractivity contribution is 6.17. The summed E-state index contributed by atoms with van der Waals surface area (Å²) < 4.78 is 0. The summed E-state index contributed by atoms with van der Waals surface area (Å²) in [6.07, 6.45) is -1.60. The van der Waals surface area contributed by atoms with E-state index in [1.165, 1.54) is 0 Å². The minimum Gasteiger partial charge on any atom is -0.480 e. The maximum Gasteiger partial charge on any atom is 0.337 e. The fraction of sp³-hybridized carbons (Fsp3) is 0.375. The summed E-state index contributed by atoms with van der Waals surface area (Å²) in [5, 5.41) is 35.3. The van der Waals surface area contributed by atoms with Gasteiger partial charge in [0.15, 0.2) is 0 Å². The number of rotatable bonds is 7. The highest BCUT2D eigenvalue weighted by Crippen LogP contribution is 2.35. The van der Waals surface area contributed by atoms with Crippen molar-refractivity contribution in [2.75, 3.05) is 0 Å². The average molecular weight is 278 g/mol. The zero-order valence-corrected chi connectivity index (χ0v) is 9.19. The molecule has 0 fully saturated rings. The summed E-state index contributed by atoms with van der Waals surface area (Å²) in [4.78, 5) is 54.7. The van der Waals surface area contributed by atoms with Crippen LogP contribution in [0, 0.1) is 5.41 Å². The van der Waals surface area contributed by atoms with E-state index in [0.29, 0.717) is 0 Å². The molecule has 8 N–H and O–H groups in total. The fourth-order valence-electron chi connectivity index (χ4n) is 1.44. The van der Waals surface area contributed by atoms with Crippen molar-refractivity contribution in [1.82, 2.24) is 0 Å². The summed E-state index contributed by atoms with van der Waals surface area (Å²) in [5.41, 5.74) is 2.17. The Hall–Kier alpha value is -2.69. The normalized spacial score (nSPS) is 11.6. The number of aliphatic carboxylic acids is 4. The lowest BCUT2D eigenvalue weighted by Crippen LogP contribution is -2.72. The average Bonchev–Trinajstić information content (AvgIpc) is 2.22. The molecular weight excluding hydrogens is 268 g/mol. The molecule has 0 saturated heterocycles. The monoisotopic (exact) mass is 278 g/mol. The van der Waals surface area contributed by atoms with Gasteiger partial charge in [0.1, 0.15) is 0 Å². The van der Waals surface area contributed by atoms with Crippen LogP contribution in [0.1, 0.15) is 6.42 Å². The molecule has 0 radical (unpaired) electrons. The third kappa shape index (κ3) is 2.18. The first-order chi connectivity index (χ1) is 8.44. The molecule has 106 valence electrons. The Labute approximate surface area is 104 Å². The molecule has 0 rings (SSSR count). The Morgan fingerprint density at radius 2 is 1.11 bits per heavy atom. The van der Waals surface area contributed by atoms with E-state index >= 15 is 0 Å². The highest BCUT2D eigenvalue weighted by Gasteiger charge is 2.70. The lowest BCUT2D eigenvalue weighted by atomic mass is 9.67. The van der Waals surface area contributed by atoms with Crippen LogP contribution in [-0.4, -0.2) is 55.7 Å². The maximum atomic E-state index is 11.1. The first kappa shape index (κ1) is 16.3. The molecule has 0 aliphatic heterocycles. The highest BCUT2D eigenvalue weighted by atomic mass is 16.4. The quantitative estimate of drug-likeness (QED) is 0.257. The first-order valence-electron chi connectivity index (χ1n) is 4.45. The molecule has 0 spiro atoms. The first-order valence-corrected chi connectivity index (χ1v) is 4.45. The van der Waals surface area contributed by atoms with Crippen molar-refractivity contribution in [2.24, 2.45) is 16.9 Å². The molecule has 19 heavy (non-hydrogen) atoms. The third-order valence-electron chi connectivity index (χ3n) is 2.52. The van der Waals surface area contributed by atoms with Crippen molar-refractivity contribution in [2.45, 2.75) is 12.0 Å². The smallest absolute Gasteiger partial charge is 0.337 e. The van der Waals surface area contributed by atoms with E-state index in [4.69, 9.17) is 26.2 Å². The number of hydrogen-bond donors (Lipinski definition) is 6. The van der Waals surface area contributed by atoms with Crippen molar-refractivity contribution in [3.63, 3.8) is 0 Å². The fourth-order valence-corrected chi connectivity index (χ4v) is 1.44. The Kier molecular flexibility index (Phi) is 4.20. The molecule has 0 bridgehead atoms. The topological polar surface area (TPSA) is 218 Å². The van der Waals surface area contributed by atoms with Crippen LogP contribution in [0.4, 0.5) is 0 Å². The molecule has 0 atom stereocenters. The largest absolute Gasteiger partial charge is 0.480 e. The number of carbonyl (C=O) groups is 5. The summed E-state index contributed by atoms with van der Waals surface area (Å²) in [6.45, 7) is 0. The van der Waals surface area contributed by atoms with Gasteiger partial charge >= 0.3 is 23.9 Å². The van der Waals surface area contributed by atoms with Gasteiger partial charge < -0.3 is 31.9 Å². The van der Waals surface area contributed by atoms with E-state index in [2.05, 4.69) is 5.73 Å². The van der Waals surface area contributed by atoms with Crippen LogP contribution in [0.3, 0.4) is 0 Å². The molecule has 0 aliphatic carbocycles. The van der Waals surface area contributed by atoms with Gasteiger partial charge in [0.25, 0.3) is 0 Å². The maximum absolute atomic E-state index is 11.1. The summed E-state index contributed by atoms with van der Waals surface area (Å²) in [7, 11) is 0. The van der Waals surface area contributed by atoms with Crippen molar-refractivity contribution in [3.05, 3.63) is 0 Å². The van der Waals surface area contributed by atoms with Gasteiger partial charge in [0.2, 0.25) is 16.9 Å². The molecule has 0 aliphatic rings. The molecule has 0 saturated carbocycles. The molecule has 11 heteroatoms. The van der Waals surface area contributed by atoms with Crippen LogP contribution in [0.2, 0.25) is 0 Å². The lowest BCUT2D eigenvalue weighted by molar-refractivity contribution is -0.186. The Morgan fingerprint density at radius 1 is 0.789 bits per heavy atom. The molecule has 1 amide bonds. The zero-order chi connectivity index (χ0) is 15.6. The Bertz CT molecular complexity index is 441. The summed E-state index contributed by atoms with van der Waals surface area (Å²) in [5.74, 6) is -11.2. The minimum atomic E-state index is -3.78. The van der Waals surface area contributed by atoms with Gasteiger partial charge in [0, 0.05) is 0 Å². The molecule has 0 heterocycles. The van der Waals surface area contributed by atoms with Gasteiger partial charge in [-0.2, -0.15) is 0 Å². The second-order valence-electron chi connectivity index (χ2n) is 3.58. The van der Waals surface area contributed by atoms with Gasteiger partial charge in [-0.1, -0.05) is 0 Å². The standard InChI is InChI=1S/C8H10N2O9/c9-2(11)1-7(3(12)13,4(14)15)8(10,5(16)17)6(18)19/h1,10H2,(H2,9,11)(H,12,13)(H,14,15)(H,16,17)(H,18,19). The predicted octanol–water partition coefficient (Wildman–Crippen LogP) is -3.12. The second kappa shape index (κ2) is 4.89. The van der Waals surface area contributed by atoms with Crippen molar-refractivity contribution in [1.29, 1.82) is 0 Å². The van der Waals surface area contributed by atoms with Crippen molar-refractivity contribution < 1.29 is 44.4 Å². The van der Waals surface area contributed by atoms with Crippen LogP contribution < -0.4 is 11.5 Å². The molecule has 0 aromatic heterocycles. The SMILES string of the molecule is NC(=O)CC(C(=O)O)(C(=O)O)C(N)(C(=O)O)C(=O)O. The van der Waals surface area contributed by atoms with Gasteiger partial charge in [-0.05, 0) is 0 Å². The van der Waals surface area contributed by atoms with Gasteiger partial charge in [-0.3, -0.25) is 14.4 Å². The zero-order valence-electron chi connectivity index (χ0n) is 9.19. The van der Waals surface area contributed by atoms with E-state index in [0.717, 1.165) is 0 Å². The van der Waals surface area contributed by atoms with E-state index in [1.807, 2.05) is 0 Å². The second-order valence-corrected chi connectivity index (χ2v) is 3.58. The van der Waals surface area contributed by atoms with E-state index < -0.39 is 47.2 Å². The van der Waals surface area contributed by atoms with Crippen molar-refractivity contribution >= 4 is 29.8 Å². The van der Waals surface area contributed by atoms with Crippen LogP contribution >= 0.6 is 0 Å². The van der Waals surface area contributed by atoms with Crippen LogP contribution in [0.5, 0.6) is 0 Å². The van der Waals surface area contributed by atoms with Crippen molar-refractivity contribution in [3.8, 4) is 0 Å². The molecule has 11 nitrogen and oxygen atoms in total. The molecule has 0 aromatic carbocycles. The number of nitrogens with two attached hydrogens (primary N) is 2. The van der Waals surface area contributed by atoms with Gasteiger partial charge in [-0.25, -0.2) is 9.59 Å². The summed E-state index contributed by atoms with van der Waals surface area (Å²) in [6, 6.07) is 0. The third-order valence-corrected chi connectivity index (χ3v) is 2.52. The molecule has 0 aromatic rings. The van der Waals surface area contributed by atoms with Crippen LogP contribution in [0.25, 0.3) is 0 Å². The van der Waals surface area contributed by atoms with E-state index in [1.54, 1.807) is 0 Å². The Morgan fingerprint density at radius 3 is 1.26 bits per heavy atom. The number of carboxylic acids is 4. The van der Waals surface area contributed by atoms with Gasteiger partial charge in [0.05, 0.1) is 6.42 Å².